The highest BCUT2D eigenvalue weighted by atomic mass is 32.1. The van der Waals surface area contributed by atoms with Gasteiger partial charge in [0.15, 0.2) is 0 Å². The van der Waals surface area contributed by atoms with Crippen molar-refractivity contribution in [1.82, 2.24) is 14.5 Å². The summed E-state index contributed by atoms with van der Waals surface area (Å²) in [6, 6.07) is 0. The summed E-state index contributed by atoms with van der Waals surface area (Å²) in [5, 5.41) is 2.86. The van der Waals surface area contributed by atoms with Gasteiger partial charge >= 0.3 is 5.69 Å². The maximum Gasteiger partial charge on any atom is 0.331 e. The van der Waals surface area contributed by atoms with Crippen molar-refractivity contribution in [2.24, 2.45) is 7.05 Å². The molecule has 0 spiro atoms. The quantitative estimate of drug-likeness (QED) is 0.860. The molecule has 0 aromatic carbocycles. The molecule has 4 rings (SSSR count). The molecule has 8 heteroatoms. The van der Waals surface area contributed by atoms with E-state index in [1.165, 1.54) is 27.8 Å². The minimum absolute atomic E-state index is 0.0599. The van der Waals surface area contributed by atoms with Crippen molar-refractivity contribution in [1.29, 1.82) is 0 Å². The van der Waals surface area contributed by atoms with Crippen molar-refractivity contribution >= 4 is 27.5 Å². The van der Waals surface area contributed by atoms with Crippen molar-refractivity contribution in [3.05, 3.63) is 31.3 Å². The maximum atomic E-state index is 12.7. The molecule has 1 aliphatic heterocycles. The van der Waals surface area contributed by atoms with Crippen LogP contribution in [-0.2, 0) is 36.0 Å². The third kappa shape index (κ3) is 3.01. The standard InChI is InChI=1S/C18H23N3O4S/c1-20-17(23)16-15(12-6-2-3-7-13(12)26-16)21(18(20)24)10-14(22)19-9-11-5-4-8-25-11/h11H,2-10H2,1H3,(H,19,22)/t11-/m1/s1. The number of rotatable bonds is 4. The van der Waals surface area contributed by atoms with Crippen LogP contribution in [0.4, 0.5) is 0 Å². The Kier molecular flexibility index (Phi) is 4.71. The molecule has 2 aromatic rings. The number of thiophene rings is 1. The minimum atomic E-state index is -0.430. The van der Waals surface area contributed by atoms with E-state index in [4.69, 9.17) is 4.74 Å². The fourth-order valence-electron chi connectivity index (χ4n) is 3.87. The number of carbonyl (C=O) groups excluding carboxylic acids is 1. The predicted octanol–water partition coefficient (Wildman–Crippen LogP) is 0.936. The Morgan fingerprint density at radius 1 is 1.27 bits per heavy atom. The lowest BCUT2D eigenvalue weighted by atomic mass is 9.98. The smallest absolute Gasteiger partial charge is 0.331 e. The number of nitrogens with one attached hydrogen (secondary N) is 1. The topological polar surface area (TPSA) is 82.3 Å². The van der Waals surface area contributed by atoms with Crippen molar-refractivity contribution in [3.8, 4) is 0 Å². The molecule has 2 aliphatic rings. The average Bonchev–Trinajstić information content (AvgIpc) is 3.29. The summed E-state index contributed by atoms with van der Waals surface area (Å²) in [5.41, 5.74) is 1.06. The second-order valence-corrected chi connectivity index (χ2v) is 8.17. The zero-order valence-corrected chi connectivity index (χ0v) is 15.7. The first-order chi connectivity index (χ1) is 12.6. The van der Waals surface area contributed by atoms with Crippen LogP contribution in [0.1, 0.15) is 36.1 Å². The van der Waals surface area contributed by atoms with Gasteiger partial charge < -0.3 is 10.1 Å². The van der Waals surface area contributed by atoms with E-state index in [9.17, 15) is 14.4 Å². The third-order valence-electron chi connectivity index (χ3n) is 5.28. The molecule has 0 bridgehead atoms. The monoisotopic (exact) mass is 377 g/mol. The highest BCUT2D eigenvalue weighted by Crippen LogP contribution is 2.34. The Hall–Kier alpha value is -1.93. The number of aromatic nitrogens is 2. The van der Waals surface area contributed by atoms with E-state index in [1.54, 1.807) is 0 Å². The lowest BCUT2D eigenvalue weighted by Crippen LogP contribution is -2.42. The van der Waals surface area contributed by atoms with Crippen molar-refractivity contribution < 1.29 is 9.53 Å². The lowest BCUT2D eigenvalue weighted by molar-refractivity contribution is -0.122. The van der Waals surface area contributed by atoms with Gasteiger partial charge in [0, 0.05) is 25.1 Å². The fraction of sp³-hybridized carbons (Fsp3) is 0.611. The summed E-state index contributed by atoms with van der Waals surface area (Å²) >= 11 is 1.48. The van der Waals surface area contributed by atoms with Gasteiger partial charge in [-0.25, -0.2) is 4.79 Å². The Morgan fingerprint density at radius 3 is 2.85 bits per heavy atom. The molecule has 1 saturated heterocycles. The van der Waals surface area contributed by atoms with Crippen LogP contribution in [0.5, 0.6) is 0 Å². The fourth-order valence-corrected chi connectivity index (χ4v) is 5.24. The van der Waals surface area contributed by atoms with Crippen LogP contribution in [-0.4, -0.2) is 34.3 Å². The number of amides is 1. The Bertz CT molecular complexity index is 965. The number of fused-ring (bicyclic) bond motifs is 3. The molecule has 0 radical (unpaired) electrons. The molecular weight excluding hydrogens is 354 g/mol. The minimum Gasteiger partial charge on any atom is -0.376 e. The molecule has 0 saturated carbocycles. The van der Waals surface area contributed by atoms with E-state index in [2.05, 4.69) is 5.32 Å². The first-order valence-corrected chi connectivity index (χ1v) is 10.0. The molecule has 26 heavy (non-hydrogen) atoms. The molecule has 3 heterocycles. The zero-order chi connectivity index (χ0) is 18.3. The van der Waals surface area contributed by atoms with Crippen LogP contribution >= 0.6 is 11.3 Å². The normalized spacial score (nSPS) is 19.7. The largest absolute Gasteiger partial charge is 0.376 e. The van der Waals surface area contributed by atoms with Gasteiger partial charge in [0.2, 0.25) is 5.91 Å². The van der Waals surface area contributed by atoms with E-state index in [-0.39, 0.29) is 24.1 Å². The summed E-state index contributed by atoms with van der Waals surface area (Å²) in [4.78, 5) is 38.9. The SMILES string of the molecule is Cn1c(=O)c2sc3c(c2n(CC(=O)NC[C@H]2CCCO2)c1=O)CCCC3. The van der Waals surface area contributed by atoms with Gasteiger partial charge in [-0.2, -0.15) is 0 Å². The molecule has 7 nitrogen and oxygen atoms in total. The highest BCUT2D eigenvalue weighted by Gasteiger charge is 2.24. The number of nitrogens with zero attached hydrogens (tertiary/aromatic N) is 2. The Balaban J connectivity index is 1.69. The molecule has 1 aliphatic carbocycles. The molecule has 1 amide bonds. The van der Waals surface area contributed by atoms with Crippen LogP contribution in [0.3, 0.4) is 0 Å². The third-order valence-corrected chi connectivity index (χ3v) is 6.55. The number of ether oxygens (including phenoxy) is 1. The Labute approximate surface area is 154 Å². The molecule has 140 valence electrons. The van der Waals surface area contributed by atoms with Gasteiger partial charge in [0.1, 0.15) is 11.2 Å². The zero-order valence-electron chi connectivity index (χ0n) is 14.9. The molecule has 1 N–H and O–H groups in total. The van der Waals surface area contributed by atoms with E-state index in [0.29, 0.717) is 16.8 Å². The summed E-state index contributed by atoms with van der Waals surface area (Å²) in [6.45, 7) is 1.13. The summed E-state index contributed by atoms with van der Waals surface area (Å²) in [6.07, 6.45) is 5.98. The van der Waals surface area contributed by atoms with Gasteiger partial charge in [0.05, 0.1) is 11.6 Å². The van der Waals surface area contributed by atoms with Crippen LogP contribution in [0.25, 0.3) is 10.2 Å². The summed E-state index contributed by atoms with van der Waals surface area (Å²) in [7, 11) is 1.48. The number of hydrogen-bond donors (Lipinski definition) is 1. The summed E-state index contributed by atoms with van der Waals surface area (Å²) < 4.78 is 8.69. The lowest BCUT2D eigenvalue weighted by Gasteiger charge is -2.15. The molecule has 1 atom stereocenters. The van der Waals surface area contributed by atoms with E-state index in [0.717, 1.165) is 55.3 Å². The van der Waals surface area contributed by atoms with Gasteiger partial charge in [-0.15, -0.1) is 11.3 Å². The first kappa shape index (κ1) is 17.5. The number of carbonyl (C=O) groups is 1. The number of aryl methyl sites for hydroxylation is 2. The second kappa shape index (κ2) is 7.00. The average molecular weight is 377 g/mol. The predicted molar refractivity (Wildman–Crippen MR) is 100.0 cm³/mol. The van der Waals surface area contributed by atoms with Crippen molar-refractivity contribution in [2.45, 2.75) is 51.2 Å². The number of hydrogen-bond acceptors (Lipinski definition) is 5. The first-order valence-electron chi connectivity index (χ1n) is 9.18. The van der Waals surface area contributed by atoms with Crippen LogP contribution in [0, 0.1) is 0 Å². The molecule has 1 fully saturated rings. The maximum absolute atomic E-state index is 12.7. The molecular formula is C18H23N3O4S. The van der Waals surface area contributed by atoms with E-state index >= 15 is 0 Å². The highest BCUT2D eigenvalue weighted by molar-refractivity contribution is 7.19. The molecule has 0 unspecified atom stereocenters. The summed E-state index contributed by atoms with van der Waals surface area (Å²) in [5.74, 6) is -0.224. The van der Waals surface area contributed by atoms with Gasteiger partial charge in [-0.1, -0.05) is 0 Å². The van der Waals surface area contributed by atoms with E-state index < -0.39 is 5.69 Å². The second-order valence-electron chi connectivity index (χ2n) is 7.06. The van der Waals surface area contributed by atoms with Crippen LogP contribution < -0.4 is 16.6 Å². The van der Waals surface area contributed by atoms with Crippen molar-refractivity contribution in [2.75, 3.05) is 13.2 Å². The molecule has 2 aromatic heterocycles. The van der Waals surface area contributed by atoms with Gasteiger partial charge in [-0.05, 0) is 44.1 Å². The van der Waals surface area contributed by atoms with Crippen LogP contribution in [0.15, 0.2) is 9.59 Å². The van der Waals surface area contributed by atoms with Gasteiger partial charge in [-0.3, -0.25) is 18.7 Å². The Morgan fingerprint density at radius 2 is 2.08 bits per heavy atom. The van der Waals surface area contributed by atoms with Crippen molar-refractivity contribution in [3.63, 3.8) is 0 Å². The van der Waals surface area contributed by atoms with Gasteiger partial charge in [0.25, 0.3) is 5.56 Å². The van der Waals surface area contributed by atoms with Crippen LogP contribution in [0.2, 0.25) is 0 Å². The van der Waals surface area contributed by atoms with E-state index in [1.807, 2.05) is 0 Å².